The minimum Gasteiger partial charge on any atom is -0.489 e. The van der Waals surface area contributed by atoms with Crippen molar-refractivity contribution in [3.05, 3.63) is 124 Å². The highest BCUT2D eigenvalue weighted by atomic mass is 16.5. The molecule has 0 bridgehead atoms. The Morgan fingerprint density at radius 1 is 0.917 bits per heavy atom. The van der Waals surface area contributed by atoms with Crippen LogP contribution in [0, 0.1) is 6.92 Å². The standard InChI is InChI=1S/C31H28N2O3/c1-21-28-29(24-15-17-25(18-16-24)35-20-23-11-6-3-7-12-23)30-26(34)13-8-14-27(30)36-31(28)33(32-21)19-22-9-4-2-5-10-22/h2-7,9-12,15-18,29H,8,13-14,19-20H2,1H3. The van der Waals surface area contributed by atoms with Crippen molar-refractivity contribution in [3.63, 3.8) is 0 Å². The summed E-state index contributed by atoms with van der Waals surface area (Å²) < 4.78 is 14.4. The predicted molar refractivity (Wildman–Crippen MR) is 138 cm³/mol. The van der Waals surface area contributed by atoms with Crippen LogP contribution in [0.2, 0.25) is 0 Å². The van der Waals surface area contributed by atoms with E-state index in [2.05, 4.69) is 36.4 Å². The molecule has 180 valence electrons. The van der Waals surface area contributed by atoms with Crippen molar-refractivity contribution in [2.24, 2.45) is 0 Å². The molecule has 1 aliphatic carbocycles. The number of fused-ring (bicyclic) bond motifs is 1. The quantitative estimate of drug-likeness (QED) is 0.325. The molecule has 1 unspecified atom stereocenters. The molecule has 0 fully saturated rings. The van der Waals surface area contributed by atoms with E-state index in [-0.39, 0.29) is 11.7 Å². The molecule has 6 rings (SSSR count). The van der Waals surface area contributed by atoms with Gasteiger partial charge in [0.1, 0.15) is 18.1 Å². The first-order chi connectivity index (χ1) is 17.7. The van der Waals surface area contributed by atoms with E-state index < -0.39 is 0 Å². The molecule has 2 heterocycles. The molecule has 36 heavy (non-hydrogen) atoms. The maximum Gasteiger partial charge on any atom is 0.222 e. The van der Waals surface area contributed by atoms with Gasteiger partial charge in [0.25, 0.3) is 0 Å². The molecule has 1 aromatic heterocycles. The summed E-state index contributed by atoms with van der Waals surface area (Å²) in [5.74, 6) is 2.33. The highest BCUT2D eigenvalue weighted by molar-refractivity contribution is 5.99. The van der Waals surface area contributed by atoms with Gasteiger partial charge in [0.05, 0.1) is 12.2 Å². The first-order valence-electron chi connectivity index (χ1n) is 12.5. The zero-order valence-electron chi connectivity index (χ0n) is 20.3. The lowest BCUT2D eigenvalue weighted by Gasteiger charge is -2.31. The molecule has 0 amide bonds. The smallest absolute Gasteiger partial charge is 0.222 e. The largest absolute Gasteiger partial charge is 0.489 e. The first kappa shape index (κ1) is 22.4. The van der Waals surface area contributed by atoms with Crippen LogP contribution in [0.25, 0.3) is 0 Å². The summed E-state index contributed by atoms with van der Waals surface area (Å²) in [5, 5.41) is 4.86. The molecular formula is C31H28N2O3. The lowest BCUT2D eigenvalue weighted by atomic mass is 9.77. The number of hydrogen-bond acceptors (Lipinski definition) is 4. The molecule has 1 aliphatic heterocycles. The van der Waals surface area contributed by atoms with E-state index in [1.165, 1.54) is 0 Å². The Bertz CT molecular complexity index is 1420. The van der Waals surface area contributed by atoms with Crippen LogP contribution in [0.1, 0.15) is 53.1 Å². The Hall–Kier alpha value is -4.12. The molecule has 0 spiro atoms. The van der Waals surface area contributed by atoms with Crippen LogP contribution in [0.4, 0.5) is 0 Å². The lowest BCUT2D eigenvalue weighted by Crippen LogP contribution is -2.26. The second-order valence-electron chi connectivity index (χ2n) is 9.44. The summed E-state index contributed by atoms with van der Waals surface area (Å²) >= 11 is 0. The van der Waals surface area contributed by atoms with Gasteiger partial charge in [-0.1, -0.05) is 72.8 Å². The molecule has 3 aromatic carbocycles. The van der Waals surface area contributed by atoms with Crippen molar-refractivity contribution in [2.75, 3.05) is 0 Å². The third-order valence-electron chi connectivity index (χ3n) is 6.97. The van der Waals surface area contributed by atoms with Gasteiger partial charge in [0.15, 0.2) is 5.78 Å². The number of ether oxygens (including phenoxy) is 2. The molecule has 0 radical (unpaired) electrons. The van der Waals surface area contributed by atoms with Crippen molar-refractivity contribution in [1.29, 1.82) is 0 Å². The summed E-state index contributed by atoms with van der Waals surface area (Å²) in [6.07, 6.45) is 2.14. The second kappa shape index (κ2) is 9.50. The Morgan fingerprint density at radius 3 is 2.33 bits per heavy atom. The summed E-state index contributed by atoms with van der Waals surface area (Å²) in [6.45, 7) is 3.14. The number of benzene rings is 3. The SMILES string of the molecule is Cc1nn(Cc2ccccc2)c2c1C(c1ccc(OCc3ccccc3)cc1)C1=C(CCCC1=O)O2. The van der Waals surface area contributed by atoms with Crippen LogP contribution < -0.4 is 9.47 Å². The van der Waals surface area contributed by atoms with Gasteiger partial charge in [-0.15, -0.1) is 0 Å². The number of hydrogen-bond donors (Lipinski definition) is 0. The van der Waals surface area contributed by atoms with Gasteiger partial charge in [-0.05, 0) is 42.2 Å². The number of Topliss-reactive ketones (excluding diaryl/α,β-unsaturated/α-hetero) is 1. The number of aromatic nitrogens is 2. The number of ketones is 1. The summed E-state index contributed by atoms with van der Waals surface area (Å²) in [6, 6.07) is 28.5. The first-order valence-corrected chi connectivity index (χ1v) is 12.5. The Kier molecular flexibility index (Phi) is 5.90. The number of rotatable bonds is 6. The van der Waals surface area contributed by atoms with E-state index in [1.54, 1.807) is 0 Å². The molecule has 1 atom stereocenters. The zero-order valence-corrected chi connectivity index (χ0v) is 20.3. The third-order valence-corrected chi connectivity index (χ3v) is 6.97. The van der Waals surface area contributed by atoms with Crippen molar-refractivity contribution in [3.8, 4) is 11.6 Å². The summed E-state index contributed by atoms with van der Waals surface area (Å²) in [5.41, 5.74) is 5.99. The summed E-state index contributed by atoms with van der Waals surface area (Å²) in [4.78, 5) is 13.2. The highest BCUT2D eigenvalue weighted by Crippen LogP contribution is 2.48. The van der Waals surface area contributed by atoms with E-state index in [9.17, 15) is 4.79 Å². The van der Waals surface area contributed by atoms with Crippen molar-refractivity contribution >= 4 is 5.78 Å². The van der Waals surface area contributed by atoms with Gasteiger partial charge in [-0.3, -0.25) is 4.79 Å². The van der Waals surface area contributed by atoms with Crippen LogP contribution in [0.15, 0.2) is 96.3 Å². The topological polar surface area (TPSA) is 53.4 Å². The molecule has 2 aliphatic rings. The van der Waals surface area contributed by atoms with Crippen molar-refractivity contribution in [2.45, 2.75) is 45.3 Å². The molecular weight excluding hydrogens is 448 g/mol. The molecule has 5 nitrogen and oxygen atoms in total. The minimum absolute atomic E-state index is 0.173. The van der Waals surface area contributed by atoms with E-state index in [1.807, 2.05) is 60.1 Å². The fourth-order valence-corrected chi connectivity index (χ4v) is 5.23. The Morgan fingerprint density at radius 2 is 1.61 bits per heavy atom. The van der Waals surface area contributed by atoms with Gasteiger partial charge in [0.2, 0.25) is 5.88 Å². The van der Waals surface area contributed by atoms with Crippen molar-refractivity contribution < 1.29 is 14.3 Å². The second-order valence-corrected chi connectivity index (χ2v) is 9.44. The Labute approximate surface area is 211 Å². The van der Waals surface area contributed by atoms with Crippen molar-refractivity contribution in [1.82, 2.24) is 9.78 Å². The molecule has 0 saturated heterocycles. The summed E-state index contributed by atoms with van der Waals surface area (Å²) in [7, 11) is 0. The van der Waals surface area contributed by atoms with Gasteiger partial charge in [-0.2, -0.15) is 5.10 Å². The van der Waals surface area contributed by atoms with Crippen LogP contribution >= 0.6 is 0 Å². The van der Waals surface area contributed by atoms with Gasteiger partial charge in [0, 0.05) is 29.9 Å². The number of carbonyl (C=O) groups excluding carboxylic acids is 1. The van der Waals surface area contributed by atoms with Gasteiger partial charge < -0.3 is 9.47 Å². The predicted octanol–water partition coefficient (Wildman–Crippen LogP) is 6.35. The average Bonchev–Trinajstić information content (AvgIpc) is 3.22. The highest BCUT2D eigenvalue weighted by Gasteiger charge is 2.40. The normalized spacial score (nSPS) is 16.8. The van der Waals surface area contributed by atoms with Crippen LogP contribution in [-0.2, 0) is 17.9 Å². The third kappa shape index (κ3) is 4.22. The van der Waals surface area contributed by atoms with Crippen LogP contribution in [0.5, 0.6) is 11.6 Å². The fourth-order valence-electron chi connectivity index (χ4n) is 5.23. The molecule has 0 N–H and O–H groups in total. The maximum atomic E-state index is 13.2. The van der Waals surface area contributed by atoms with E-state index in [4.69, 9.17) is 14.6 Å². The maximum absolute atomic E-state index is 13.2. The molecule has 0 saturated carbocycles. The number of aryl methyl sites for hydroxylation is 1. The van der Waals surface area contributed by atoms with E-state index in [0.29, 0.717) is 19.6 Å². The average molecular weight is 477 g/mol. The monoisotopic (exact) mass is 476 g/mol. The van der Waals surface area contributed by atoms with E-state index in [0.717, 1.165) is 63.8 Å². The zero-order chi connectivity index (χ0) is 24.5. The minimum atomic E-state index is -0.191. The molecule has 5 heteroatoms. The van der Waals surface area contributed by atoms with Crippen LogP contribution in [0.3, 0.4) is 0 Å². The number of allylic oxidation sites excluding steroid dienone is 2. The fraction of sp³-hybridized carbons (Fsp3) is 0.226. The Balaban J connectivity index is 1.35. The van der Waals surface area contributed by atoms with E-state index >= 15 is 0 Å². The number of carbonyl (C=O) groups is 1. The lowest BCUT2D eigenvalue weighted by molar-refractivity contribution is -0.116. The van der Waals surface area contributed by atoms with Gasteiger partial charge >= 0.3 is 0 Å². The molecule has 4 aromatic rings. The van der Waals surface area contributed by atoms with Gasteiger partial charge in [-0.25, -0.2) is 4.68 Å². The van der Waals surface area contributed by atoms with Crippen LogP contribution in [-0.4, -0.2) is 15.6 Å². The number of nitrogens with zero attached hydrogens (tertiary/aromatic N) is 2.